The molecule has 0 aliphatic heterocycles. The average molecular weight is 330 g/mol. The van der Waals surface area contributed by atoms with Crippen LogP contribution in [0, 0.1) is 0 Å². The van der Waals surface area contributed by atoms with E-state index in [9.17, 15) is 4.79 Å². The number of carbonyl (C=O) groups excluding carboxylic acids is 1. The van der Waals surface area contributed by atoms with Crippen LogP contribution < -0.4 is 16.0 Å². The highest BCUT2D eigenvalue weighted by Gasteiger charge is 2.03. The van der Waals surface area contributed by atoms with Gasteiger partial charge in [0.1, 0.15) is 0 Å². The Kier molecular flexibility index (Phi) is 6.18. The van der Waals surface area contributed by atoms with Gasteiger partial charge in [-0.1, -0.05) is 12.1 Å². The average Bonchev–Trinajstić information content (AvgIpc) is 3.01. The summed E-state index contributed by atoms with van der Waals surface area (Å²) in [5, 5.41) is 13.2. The number of nitrogens with zero attached hydrogens (tertiary/aromatic N) is 3. The van der Waals surface area contributed by atoms with Gasteiger partial charge in [-0.15, -0.1) is 0 Å². The largest absolute Gasteiger partial charge is 0.453 e. The number of guanidine groups is 1. The first-order chi connectivity index (χ1) is 11.6. The lowest BCUT2D eigenvalue weighted by Gasteiger charge is -2.12. The number of aromatic nitrogens is 2. The lowest BCUT2D eigenvalue weighted by Crippen LogP contribution is -2.36. The molecule has 8 heteroatoms. The summed E-state index contributed by atoms with van der Waals surface area (Å²) in [4.78, 5) is 15.3. The minimum absolute atomic E-state index is 0.486. The quantitative estimate of drug-likeness (QED) is 0.570. The molecule has 3 N–H and O–H groups in total. The number of ether oxygens (including phenoxy) is 1. The van der Waals surface area contributed by atoms with Crippen molar-refractivity contribution in [3.8, 4) is 0 Å². The van der Waals surface area contributed by atoms with Gasteiger partial charge in [-0.2, -0.15) is 5.10 Å². The molecule has 24 heavy (non-hydrogen) atoms. The van der Waals surface area contributed by atoms with Gasteiger partial charge in [0.25, 0.3) is 0 Å². The van der Waals surface area contributed by atoms with Crippen LogP contribution in [0.1, 0.15) is 11.3 Å². The van der Waals surface area contributed by atoms with E-state index < -0.39 is 6.09 Å². The van der Waals surface area contributed by atoms with Crippen molar-refractivity contribution in [2.24, 2.45) is 12.0 Å². The number of aryl methyl sites for hydroxylation is 1. The molecule has 0 spiro atoms. The van der Waals surface area contributed by atoms with Gasteiger partial charge in [-0.3, -0.25) is 15.0 Å². The standard InChI is InChI=1S/C16H22N6O2/c1-17-15(19-11-14-8-9-20-22(14)2)18-10-12-4-6-13(7-5-12)21-16(23)24-3/h4-9H,10-11H2,1-3H3,(H,21,23)(H2,17,18,19). The number of aliphatic imine (C=N–C) groups is 1. The summed E-state index contributed by atoms with van der Waals surface area (Å²) < 4.78 is 6.36. The van der Waals surface area contributed by atoms with Gasteiger partial charge in [-0.25, -0.2) is 4.79 Å². The molecule has 0 bridgehead atoms. The second-order valence-electron chi connectivity index (χ2n) is 5.04. The predicted octanol–water partition coefficient (Wildman–Crippen LogP) is 1.46. The number of methoxy groups -OCH3 is 1. The third-order valence-electron chi connectivity index (χ3n) is 3.43. The van der Waals surface area contributed by atoms with Gasteiger partial charge < -0.3 is 15.4 Å². The number of anilines is 1. The summed E-state index contributed by atoms with van der Waals surface area (Å²) >= 11 is 0. The number of benzene rings is 1. The molecule has 0 atom stereocenters. The highest BCUT2D eigenvalue weighted by atomic mass is 16.5. The van der Waals surface area contributed by atoms with Gasteiger partial charge in [-0.05, 0) is 23.8 Å². The maximum Gasteiger partial charge on any atom is 0.411 e. The van der Waals surface area contributed by atoms with Crippen LogP contribution in [0.3, 0.4) is 0 Å². The molecule has 8 nitrogen and oxygen atoms in total. The molecule has 0 unspecified atom stereocenters. The summed E-state index contributed by atoms with van der Waals surface area (Å²) in [6.07, 6.45) is 1.28. The Balaban J connectivity index is 1.82. The number of hydrogen-bond acceptors (Lipinski definition) is 4. The van der Waals surface area contributed by atoms with Crippen LogP contribution in [0.5, 0.6) is 0 Å². The molecule has 1 aromatic heterocycles. The van der Waals surface area contributed by atoms with Crippen molar-refractivity contribution in [3.63, 3.8) is 0 Å². The molecule has 2 aromatic rings. The van der Waals surface area contributed by atoms with Crippen molar-refractivity contribution in [3.05, 3.63) is 47.8 Å². The first-order valence-corrected chi connectivity index (χ1v) is 7.47. The van der Waals surface area contributed by atoms with E-state index in [1.54, 1.807) is 13.2 Å². The van der Waals surface area contributed by atoms with E-state index in [2.05, 4.69) is 30.8 Å². The second-order valence-corrected chi connectivity index (χ2v) is 5.04. The molecular weight excluding hydrogens is 308 g/mol. The Morgan fingerprint density at radius 3 is 2.50 bits per heavy atom. The Morgan fingerprint density at radius 2 is 1.92 bits per heavy atom. The molecule has 0 aliphatic rings. The van der Waals surface area contributed by atoms with Crippen molar-refractivity contribution >= 4 is 17.7 Å². The van der Waals surface area contributed by atoms with Crippen LogP contribution in [-0.2, 0) is 24.9 Å². The maximum absolute atomic E-state index is 11.1. The fourth-order valence-corrected chi connectivity index (χ4v) is 2.03. The summed E-state index contributed by atoms with van der Waals surface area (Å²) in [6, 6.07) is 9.44. The van der Waals surface area contributed by atoms with Crippen molar-refractivity contribution in [1.29, 1.82) is 0 Å². The number of hydrogen-bond donors (Lipinski definition) is 3. The number of rotatable bonds is 5. The fourth-order valence-electron chi connectivity index (χ4n) is 2.03. The van der Waals surface area contributed by atoms with Crippen LogP contribution in [0.25, 0.3) is 0 Å². The monoisotopic (exact) mass is 330 g/mol. The van der Waals surface area contributed by atoms with Crippen LogP contribution in [0.15, 0.2) is 41.5 Å². The van der Waals surface area contributed by atoms with E-state index in [1.165, 1.54) is 7.11 Å². The first-order valence-electron chi connectivity index (χ1n) is 7.47. The SMILES string of the molecule is CN=C(NCc1ccc(NC(=O)OC)cc1)NCc1ccnn1C. The molecule has 0 saturated carbocycles. The van der Waals surface area contributed by atoms with Gasteiger partial charge >= 0.3 is 6.09 Å². The van der Waals surface area contributed by atoms with Crippen LogP contribution >= 0.6 is 0 Å². The zero-order chi connectivity index (χ0) is 17.4. The molecule has 1 aromatic carbocycles. The predicted molar refractivity (Wildman–Crippen MR) is 92.7 cm³/mol. The molecule has 0 aliphatic carbocycles. The van der Waals surface area contributed by atoms with Gasteiger partial charge in [0, 0.05) is 32.5 Å². The number of nitrogens with one attached hydrogen (secondary N) is 3. The zero-order valence-electron chi connectivity index (χ0n) is 14.0. The number of amides is 1. The van der Waals surface area contributed by atoms with Crippen LogP contribution in [-0.4, -0.2) is 36.0 Å². The van der Waals surface area contributed by atoms with Crippen molar-refractivity contribution < 1.29 is 9.53 Å². The van der Waals surface area contributed by atoms with Crippen molar-refractivity contribution in [1.82, 2.24) is 20.4 Å². The van der Waals surface area contributed by atoms with E-state index in [1.807, 2.05) is 42.1 Å². The molecule has 0 saturated heterocycles. The smallest absolute Gasteiger partial charge is 0.411 e. The minimum Gasteiger partial charge on any atom is -0.453 e. The normalized spacial score (nSPS) is 11.0. The molecule has 1 heterocycles. The van der Waals surface area contributed by atoms with Crippen molar-refractivity contribution in [2.45, 2.75) is 13.1 Å². The van der Waals surface area contributed by atoms with E-state index in [0.717, 1.165) is 11.3 Å². The number of carbonyl (C=O) groups is 1. The van der Waals surface area contributed by atoms with Crippen molar-refractivity contribution in [2.75, 3.05) is 19.5 Å². The highest BCUT2D eigenvalue weighted by Crippen LogP contribution is 2.09. The zero-order valence-corrected chi connectivity index (χ0v) is 14.0. The summed E-state index contributed by atoms with van der Waals surface area (Å²) in [6.45, 7) is 1.25. The lowest BCUT2D eigenvalue weighted by atomic mass is 10.2. The Bertz CT molecular complexity index is 693. The highest BCUT2D eigenvalue weighted by molar-refractivity contribution is 5.84. The topological polar surface area (TPSA) is 92.6 Å². The lowest BCUT2D eigenvalue weighted by molar-refractivity contribution is 0.187. The van der Waals surface area contributed by atoms with E-state index in [-0.39, 0.29) is 0 Å². The minimum atomic E-state index is -0.486. The molecular formula is C16H22N6O2. The van der Waals surface area contributed by atoms with Gasteiger partial charge in [0.2, 0.25) is 0 Å². The summed E-state index contributed by atoms with van der Waals surface area (Å²) in [5.74, 6) is 0.702. The van der Waals surface area contributed by atoms with E-state index in [0.29, 0.717) is 24.7 Å². The van der Waals surface area contributed by atoms with Gasteiger partial charge in [0.05, 0.1) is 19.3 Å². The third-order valence-corrected chi connectivity index (χ3v) is 3.43. The third kappa shape index (κ3) is 5.01. The van der Waals surface area contributed by atoms with E-state index >= 15 is 0 Å². The maximum atomic E-state index is 11.1. The first kappa shape index (κ1) is 17.3. The van der Waals surface area contributed by atoms with Crippen LogP contribution in [0.2, 0.25) is 0 Å². The van der Waals surface area contributed by atoms with Gasteiger partial charge in [0.15, 0.2) is 5.96 Å². The molecule has 128 valence electrons. The summed E-state index contributed by atoms with van der Waals surface area (Å²) in [7, 11) is 4.96. The molecule has 2 rings (SSSR count). The Labute approximate surface area is 140 Å². The molecule has 0 radical (unpaired) electrons. The summed E-state index contributed by atoms with van der Waals surface area (Å²) in [5.41, 5.74) is 2.81. The molecule has 0 fully saturated rings. The Morgan fingerprint density at radius 1 is 1.21 bits per heavy atom. The fraction of sp³-hybridized carbons (Fsp3) is 0.312. The van der Waals surface area contributed by atoms with Crippen LogP contribution in [0.4, 0.5) is 10.5 Å². The Hall–Kier alpha value is -3.03. The second kappa shape index (κ2) is 8.56. The van der Waals surface area contributed by atoms with E-state index in [4.69, 9.17) is 0 Å². The molecule has 1 amide bonds.